The number of aromatic nitrogens is 2. The zero-order valence-electron chi connectivity index (χ0n) is 14.6. The minimum absolute atomic E-state index is 0.386. The van der Waals surface area contributed by atoms with Crippen LogP contribution in [0.3, 0.4) is 0 Å². The molecule has 0 aliphatic heterocycles. The van der Waals surface area contributed by atoms with Gasteiger partial charge in [-0.25, -0.2) is 0 Å². The van der Waals surface area contributed by atoms with Crippen LogP contribution in [0.25, 0.3) is 0 Å². The standard InChI is InChI=1S/C18H27N4/c1-14(2)9-17(5,12-19)16-11-21-7-8-22(16)18(6,13-20)10-15(3)4/h7-8,11,14-15H,9-10H2,1-6H3/q+1. The van der Waals surface area contributed by atoms with Crippen LogP contribution in [0.15, 0.2) is 18.6 Å². The highest BCUT2D eigenvalue weighted by Crippen LogP contribution is 2.30. The Morgan fingerprint density at radius 3 is 2.14 bits per heavy atom. The average molecular weight is 299 g/mol. The summed E-state index contributed by atoms with van der Waals surface area (Å²) in [7, 11) is 0. The maximum atomic E-state index is 9.76. The molecule has 0 N–H and O–H groups in total. The topological polar surface area (TPSA) is 64.3 Å². The van der Waals surface area contributed by atoms with E-state index in [4.69, 9.17) is 0 Å². The maximum Gasteiger partial charge on any atom is 0.250 e. The summed E-state index contributed by atoms with van der Waals surface area (Å²) in [5.74, 6) is 0.772. The summed E-state index contributed by atoms with van der Waals surface area (Å²) in [4.78, 5) is 4.21. The molecule has 0 bridgehead atoms. The van der Waals surface area contributed by atoms with E-state index in [1.807, 2.05) is 24.6 Å². The maximum absolute atomic E-state index is 9.76. The van der Waals surface area contributed by atoms with Crippen molar-refractivity contribution in [2.45, 2.75) is 65.3 Å². The summed E-state index contributed by atoms with van der Waals surface area (Å²) in [6, 6.07) is 4.89. The highest BCUT2D eigenvalue weighted by atomic mass is 15.1. The molecule has 118 valence electrons. The molecular weight excluding hydrogens is 272 g/mol. The normalized spacial score (nSPS) is 16.6. The summed E-state index contributed by atoms with van der Waals surface area (Å²) in [6.45, 7) is 12.3. The van der Waals surface area contributed by atoms with Crippen molar-refractivity contribution in [2.75, 3.05) is 0 Å². The Morgan fingerprint density at radius 1 is 1.09 bits per heavy atom. The van der Waals surface area contributed by atoms with E-state index < -0.39 is 11.0 Å². The van der Waals surface area contributed by atoms with Gasteiger partial charge in [0.2, 0.25) is 5.69 Å². The third-order valence-corrected chi connectivity index (χ3v) is 3.97. The molecule has 0 saturated heterocycles. The first kappa shape index (κ1) is 18.1. The smallest absolute Gasteiger partial charge is 0.250 e. The predicted octanol–water partition coefficient (Wildman–Crippen LogP) is 3.48. The van der Waals surface area contributed by atoms with E-state index in [1.165, 1.54) is 0 Å². The van der Waals surface area contributed by atoms with Gasteiger partial charge in [-0.1, -0.05) is 27.7 Å². The number of nitrogens with zero attached hydrogens (tertiary/aromatic N) is 4. The Morgan fingerprint density at radius 2 is 1.68 bits per heavy atom. The van der Waals surface area contributed by atoms with Gasteiger partial charge in [0.15, 0.2) is 6.20 Å². The third-order valence-electron chi connectivity index (χ3n) is 3.97. The van der Waals surface area contributed by atoms with Crippen LogP contribution < -0.4 is 4.57 Å². The summed E-state index contributed by atoms with van der Waals surface area (Å²) < 4.78 is 1.95. The zero-order chi connectivity index (χ0) is 17.0. The van der Waals surface area contributed by atoms with Gasteiger partial charge in [-0.3, -0.25) is 4.98 Å². The van der Waals surface area contributed by atoms with E-state index in [-0.39, 0.29) is 0 Å². The van der Waals surface area contributed by atoms with Crippen molar-refractivity contribution in [3.63, 3.8) is 0 Å². The number of nitriles is 2. The van der Waals surface area contributed by atoms with Crippen molar-refractivity contribution >= 4 is 0 Å². The van der Waals surface area contributed by atoms with Crippen molar-refractivity contribution in [1.29, 1.82) is 10.5 Å². The van der Waals surface area contributed by atoms with Crippen LogP contribution in [0.1, 0.15) is 60.1 Å². The first-order valence-electron chi connectivity index (χ1n) is 7.87. The molecule has 0 radical (unpaired) electrons. The fraction of sp³-hybridized carbons (Fsp3) is 0.667. The van der Waals surface area contributed by atoms with Crippen LogP contribution in [-0.4, -0.2) is 4.98 Å². The Labute approximate surface area is 134 Å². The molecule has 1 rings (SSSR count). The second-order valence-corrected chi connectivity index (χ2v) is 7.36. The SMILES string of the molecule is CC(C)CC(C)(C#N)c1cncc[n+]1C(C)(C#N)CC(C)C. The molecule has 0 aromatic carbocycles. The molecule has 4 heteroatoms. The minimum Gasteiger partial charge on any atom is -0.252 e. The highest BCUT2D eigenvalue weighted by Gasteiger charge is 2.44. The summed E-state index contributed by atoms with van der Waals surface area (Å²) in [5, 5.41) is 19.5. The van der Waals surface area contributed by atoms with Gasteiger partial charge in [0.1, 0.15) is 11.5 Å². The van der Waals surface area contributed by atoms with E-state index in [0.717, 1.165) is 18.5 Å². The van der Waals surface area contributed by atoms with Crippen LogP contribution in [0, 0.1) is 34.5 Å². The second-order valence-electron chi connectivity index (χ2n) is 7.36. The van der Waals surface area contributed by atoms with Gasteiger partial charge in [0, 0.05) is 13.3 Å². The quantitative estimate of drug-likeness (QED) is 0.755. The monoisotopic (exact) mass is 299 g/mol. The first-order chi connectivity index (χ1) is 10.2. The lowest BCUT2D eigenvalue weighted by molar-refractivity contribution is -0.757. The lowest BCUT2D eigenvalue weighted by atomic mass is 9.79. The van der Waals surface area contributed by atoms with Crippen molar-refractivity contribution < 1.29 is 4.57 Å². The van der Waals surface area contributed by atoms with E-state index in [9.17, 15) is 10.5 Å². The Hall–Kier alpha value is -1.94. The number of rotatable bonds is 6. The molecule has 0 amide bonds. The molecule has 1 aromatic heterocycles. The number of hydrogen-bond donors (Lipinski definition) is 0. The van der Waals surface area contributed by atoms with Crippen LogP contribution in [0.4, 0.5) is 0 Å². The van der Waals surface area contributed by atoms with E-state index in [0.29, 0.717) is 11.8 Å². The van der Waals surface area contributed by atoms with E-state index in [1.54, 1.807) is 12.4 Å². The lowest BCUT2D eigenvalue weighted by Crippen LogP contribution is -2.59. The predicted molar refractivity (Wildman–Crippen MR) is 85.6 cm³/mol. The molecule has 0 aliphatic rings. The van der Waals surface area contributed by atoms with Crippen LogP contribution in [-0.2, 0) is 11.0 Å². The zero-order valence-corrected chi connectivity index (χ0v) is 14.6. The largest absolute Gasteiger partial charge is 0.252 e. The molecule has 2 atom stereocenters. The highest BCUT2D eigenvalue weighted by molar-refractivity contribution is 5.19. The van der Waals surface area contributed by atoms with Crippen LogP contribution in [0.5, 0.6) is 0 Å². The van der Waals surface area contributed by atoms with Crippen LogP contribution >= 0.6 is 0 Å². The molecule has 1 aromatic rings. The van der Waals surface area contributed by atoms with E-state index in [2.05, 4.69) is 44.8 Å². The molecule has 2 unspecified atom stereocenters. The molecule has 0 aliphatic carbocycles. The molecule has 0 fully saturated rings. The lowest BCUT2D eigenvalue weighted by Gasteiger charge is -2.26. The van der Waals surface area contributed by atoms with Gasteiger partial charge >= 0.3 is 0 Å². The first-order valence-corrected chi connectivity index (χ1v) is 7.87. The number of hydrogen-bond acceptors (Lipinski definition) is 3. The summed E-state index contributed by atoms with van der Waals surface area (Å²) >= 11 is 0. The minimum atomic E-state index is -0.679. The Kier molecular flexibility index (Phi) is 5.66. The Bertz CT molecular complexity index is 541. The van der Waals surface area contributed by atoms with Crippen molar-refractivity contribution in [3.05, 3.63) is 24.3 Å². The third kappa shape index (κ3) is 3.83. The summed E-state index contributed by atoms with van der Waals surface area (Å²) in [5.41, 5.74) is -0.519. The fourth-order valence-electron chi connectivity index (χ4n) is 3.22. The van der Waals surface area contributed by atoms with Gasteiger partial charge in [-0.05, 0) is 25.2 Å². The second kappa shape index (κ2) is 6.88. The fourth-order valence-corrected chi connectivity index (χ4v) is 3.22. The summed E-state index contributed by atoms with van der Waals surface area (Å²) in [6.07, 6.45) is 6.72. The molecule has 4 nitrogen and oxygen atoms in total. The Balaban J connectivity index is 3.48. The van der Waals surface area contributed by atoms with E-state index >= 15 is 0 Å². The van der Waals surface area contributed by atoms with Crippen molar-refractivity contribution in [2.24, 2.45) is 11.8 Å². The molecule has 22 heavy (non-hydrogen) atoms. The van der Waals surface area contributed by atoms with Gasteiger partial charge in [-0.15, -0.1) is 0 Å². The van der Waals surface area contributed by atoms with Crippen molar-refractivity contribution in [3.8, 4) is 12.1 Å². The molecule has 0 saturated carbocycles. The van der Waals surface area contributed by atoms with Crippen LogP contribution in [0.2, 0.25) is 0 Å². The van der Waals surface area contributed by atoms with Crippen molar-refractivity contribution in [1.82, 2.24) is 4.98 Å². The van der Waals surface area contributed by atoms with Gasteiger partial charge < -0.3 is 0 Å². The molecule has 1 heterocycles. The van der Waals surface area contributed by atoms with Gasteiger partial charge in [-0.2, -0.15) is 15.1 Å². The molecule has 0 spiro atoms. The van der Waals surface area contributed by atoms with Gasteiger partial charge in [0.05, 0.1) is 18.5 Å². The molecular formula is C18H27N4+. The average Bonchev–Trinajstić information content (AvgIpc) is 2.45. The van der Waals surface area contributed by atoms with Gasteiger partial charge in [0.25, 0.3) is 5.54 Å².